The first-order valence-electron chi connectivity index (χ1n) is 12.6. The molecule has 36 heavy (non-hydrogen) atoms. The highest BCUT2D eigenvalue weighted by Gasteiger charge is 2.55. The second-order valence-electron chi connectivity index (χ2n) is 10.6. The van der Waals surface area contributed by atoms with Crippen molar-refractivity contribution in [2.45, 2.75) is 57.1 Å². The highest BCUT2D eigenvalue weighted by molar-refractivity contribution is 6.99. The normalized spacial score (nSPS) is 24.9. The van der Waals surface area contributed by atoms with Gasteiger partial charge in [-0.1, -0.05) is 100 Å². The summed E-state index contributed by atoms with van der Waals surface area (Å²) in [5.41, 5.74) is 0.878. The third kappa shape index (κ3) is 4.88. The Morgan fingerprint density at radius 1 is 0.861 bits per heavy atom. The highest BCUT2D eigenvalue weighted by atomic mass is 28.4. The fourth-order valence-corrected chi connectivity index (χ4v) is 10.1. The highest BCUT2D eigenvalue weighted by Crippen LogP contribution is 2.43. The molecule has 5 nitrogen and oxygen atoms in total. The van der Waals surface area contributed by atoms with Crippen LogP contribution in [-0.2, 0) is 9.16 Å². The quantitative estimate of drug-likeness (QED) is 0.473. The molecule has 2 unspecified atom stereocenters. The van der Waals surface area contributed by atoms with Crippen LogP contribution in [0.5, 0.6) is 5.75 Å². The van der Waals surface area contributed by atoms with Crippen LogP contribution in [0, 0.1) is 5.92 Å². The summed E-state index contributed by atoms with van der Waals surface area (Å²) in [4.78, 5) is 0. The van der Waals surface area contributed by atoms with Crippen molar-refractivity contribution >= 4 is 18.7 Å². The maximum absolute atomic E-state index is 11.7. The standard InChI is InChI=1S/C30H38O5Si/c1-21-26(20-31)34-28(22-16-18-23(33-5)19-17-22)29(27(21)32)35-36(30(2,3)4,24-12-8-6-9-13-24)25-14-10-7-11-15-25/h6-19,21,26-29,31-32H,20H2,1-5H3/t21?,26-,27+,28+,29?/m1/s1. The first-order chi connectivity index (χ1) is 17.2. The molecule has 0 aromatic heterocycles. The minimum atomic E-state index is -2.96. The molecule has 3 aromatic carbocycles. The molecule has 2 N–H and O–H groups in total. The molecule has 1 aliphatic heterocycles. The van der Waals surface area contributed by atoms with E-state index in [9.17, 15) is 10.2 Å². The van der Waals surface area contributed by atoms with E-state index in [0.29, 0.717) is 0 Å². The van der Waals surface area contributed by atoms with E-state index >= 15 is 0 Å². The largest absolute Gasteiger partial charge is 0.497 e. The van der Waals surface area contributed by atoms with Gasteiger partial charge < -0.3 is 24.1 Å². The van der Waals surface area contributed by atoms with E-state index in [1.165, 1.54) is 0 Å². The Labute approximate surface area is 215 Å². The molecule has 1 heterocycles. The van der Waals surface area contributed by atoms with Crippen molar-refractivity contribution in [2.75, 3.05) is 13.7 Å². The van der Waals surface area contributed by atoms with Crippen LogP contribution in [0.4, 0.5) is 0 Å². The zero-order chi connectivity index (χ0) is 25.9. The van der Waals surface area contributed by atoms with Crippen molar-refractivity contribution in [3.63, 3.8) is 0 Å². The van der Waals surface area contributed by atoms with Gasteiger partial charge in [-0.25, -0.2) is 0 Å². The Morgan fingerprint density at radius 3 is 1.83 bits per heavy atom. The molecule has 1 aliphatic rings. The molecule has 0 spiro atoms. The topological polar surface area (TPSA) is 68.2 Å². The van der Waals surface area contributed by atoms with Crippen molar-refractivity contribution in [2.24, 2.45) is 5.92 Å². The van der Waals surface area contributed by atoms with Gasteiger partial charge in [0.25, 0.3) is 8.32 Å². The Morgan fingerprint density at radius 2 is 1.39 bits per heavy atom. The lowest BCUT2D eigenvalue weighted by molar-refractivity contribution is -0.201. The number of hydrogen-bond acceptors (Lipinski definition) is 5. The first kappa shape index (κ1) is 26.6. The number of aliphatic hydroxyl groups excluding tert-OH is 2. The van der Waals surface area contributed by atoms with Crippen molar-refractivity contribution < 1.29 is 24.1 Å². The fourth-order valence-electron chi connectivity index (χ4n) is 5.39. The van der Waals surface area contributed by atoms with Crippen LogP contribution in [0.15, 0.2) is 84.9 Å². The Bertz CT molecular complexity index is 1060. The van der Waals surface area contributed by atoms with Crippen LogP contribution in [0.2, 0.25) is 5.04 Å². The molecule has 3 aromatic rings. The average molecular weight is 507 g/mol. The molecule has 1 fully saturated rings. The first-order valence-corrected chi connectivity index (χ1v) is 14.5. The average Bonchev–Trinajstić information content (AvgIpc) is 2.90. The predicted molar refractivity (Wildman–Crippen MR) is 145 cm³/mol. The summed E-state index contributed by atoms with van der Waals surface area (Å²) in [7, 11) is -1.33. The van der Waals surface area contributed by atoms with Crippen molar-refractivity contribution in [1.29, 1.82) is 0 Å². The van der Waals surface area contributed by atoms with Gasteiger partial charge >= 0.3 is 0 Å². The number of hydrogen-bond donors (Lipinski definition) is 2. The smallest absolute Gasteiger partial charge is 0.261 e. The summed E-state index contributed by atoms with van der Waals surface area (Å²) in [6.45, 7) is 8.40. The lowest BCUT2D eigenvalue weighted by atomic mass is 9.86. The Balaban J connectivity index is 1.89. The van der Waals surface area contributed by atoms with Gasteiger partial charge in [0.15, 0.2) is 0 Å². The van der Waals surface area contributed by atoms with Gasteiger partial charge in [0.1, 0.15) is 18.0 Å². The molecule has 0 aliphatic carbocycles. The third-order valence-corrected chi connectivity index (χ3v) is 12.5. The van der Waals surface area contributed by atoms with E-state index < -0.39 is 32.7 Å². The van der Waals surface area contributed by atoms with Crippen LogP contribution in [0.1, 0.15) is 39.4 Å². The molecule has 5 atom stereocenters. The molecule has 192 valence electrons. The second-order valence-corrected chi connectivity index (χ2v) is 14.9. The molecule has 0 amide bonds. The van der Waals surface area contributed by atoms with Gasteiger partial charge in [0.2, 0.25) is 0 Å². The van der Waals surface area contributed by atoms with Crippen LogP contribution < -0.4 is 15.1 Å². The summed E-state index contributed by atoms with van der Waals surface area (Å²) in [5, 5.41) is 23.7. The molecule has 6 heteroatoms. The lowest BCUT2D eigenvalue weighted by Gasteiger charge is -2.50. The zero-order valence-electron chi connectivity index (χ0n) is 21.8. The zero-order valence-corrected chi connectivity index (χ0v) is 22.8. The fraction of sp³-hybridized carbons (Fsp3) is 0.400. The summed E-state index contributed by atoms with van der Waals surface area (Å²) in [6, 6.07) is 28.5. The third-order valence-electron chi connectivity index (χ3n) is 7.44. The van der Waals surface area contributed by atoms with E-state index in [1.54, 1.807) is 7.11 Å². The van der Waals surface area contributed by atoms with Gasteiger partial charge in [-0.05, 0) is 33.1 Å². The van der Waals surface area contributed by atoms with Crippen molar-refractivity contribution in [1.82, 2.24) is 0 Å². The minimum Gasteiger partial charge on any atom is -0.497 e. The SMILES string of the molecule is COc1ccc([C@@H]2O[C@H](CO)C(C)[C@H](O)C2O[Si](c2ccccc2)(c2ccccc2)C(C)(C)C)cc1. The van der Waals surface area contributed by atoms with E-state index in [-0.39, 0.29) is 17.6 Å². The number of rotatable bonds is 7. The van der Waals surface area contributed by atoms with Crippen LogP contribution in [0.3, 0.4) is 0 Å². The number of benzene rings is 3. The monoisotopic (exact) mass is 506 g/mol. The molecule has 4 rings (SSSR count). The molecular formula is C30H38O5Si. The summed E-state index contributed by atoms with van der Waals surface area (Å²) in [5.74, 6) is 0.444. The number of aliphatic hydroxyl groups is 2. The lowest BCUT2D eigenvalue weighted by Crippen LogP contribution is -2.70. The van der Waals surface area contributed by atoms with Gasteiger partial charge in [0, 0.05) is 5.92 Å². The van der Waals surface area contributed by atoms with Gasteiger partial charge in [-0.15, -0.1) is 0 Å². The maximum Gasteiger partial charge on any atom is 0.261 e. The van der Waals surface area contributed by atoms with Crippen LogP contribution >= 0.6 is 0 Å². The van der Waals surface area contributed by atoms with E-state index in [1.807, 2.05) is 67.6 Å². The van der Waals surface area contributed by atoms with E-state index in [2.05, 4.69) is 45.0 Å². The molecule has 0 radical (unpaired) electrons. The molecular weight excluding hydrogens is 468 g/mol. The van der Waals surface area contributed by atoms with Crippen molar-refractivity contribution in [3.05, 3.63) is 90.5 Å². The van der Waals surface area contributed by atoms with Crippen molar-refractivity contribution in [3.8, 4) is 5.75 Å². The Kier molecular flexibility index (Phi) is 8.02. The minimum absolute atomic E-state index is 0.170. The van der Waals surface area contributed by atoms with Crippen LogP contribution in [0.25, 0.3) is 0 Å². The summed E-state index contributed by atoms with van der Waals surface area (Å²) in [6.07, 6.45) is -2.51. The maximum atomic E-state index is 11.7. The Hall–Kier alpha value is -2.48. The van der Waals surface area contributed by atoms with E-state index in [4.69, 9.17) is 13.9 Å². The summed E-state index contributed by atoms with van der Waals surface area (Å²) < 4.78 is 19.2. The van der Waals surface area contributed by atoms with Gasteiger partial charge in [-0.3, -0.25) is 0 Å². The number of ether oxygens (including phenoxy) is 2. The molecule has 0 bridgehead atoms. The summed E-state index contributed by atoms with van der Waals surface area (Å²) >= 11 is 0. The second kappa shape index (κ2) is 10.9. The number of methoxy groups -OCH3 is 1. The van der Waals surface area contributed by atoms with Gasteiger partial charge in [0.05, 0.1) is 25.9 Å². The van der Waals surface area contributed by atoms with Gasteiger partial charge in [-0.2, -0.15) is 0 Å². The van der Waals surface area contributed by atoms with E-state index in [0.717, 1.165) is 21.7 Å². The predicted octanol–water partition coefficient (Wildman–Crippen LogP) is 4.07. The molecule has 1 saturated heterocycles. The van der Waals surface area contributed by atoms with Crippen LogP contribution in [-0.4, -0.2) is 50.6 Å². The molecule has 0 saturated carbocycles.